The van der Waals surface area contributed by atoms with E-state index in [1.54, 1.807) is 14.1 Å². The standard InChI is InChI=1S/C22H30N5O2/c1-16-11-14-26(15-12-16)21-23-19-18(20(28)25(3)22(29)24(19)2)27(21)13-7-10-17-8-5-4-6-9-17/h4-6,8-9,16,18H,7,10-15H2,1-3H3/q+1. The third-order valence-electron chi connectivity index (χ3n) is 6.28. The number of aliphatic imine (C=N–C) groups is 1. The van der Waals surface area contributed by atoms with E-state index in [0.717, 1.165) is 51.3 Å². The molecule has 1 aromatic carbocycles. The van der Waals surface area contributed by atoms with Gasteiger partial charge in [-0.05, 0) is 37.2 Å². The van der Waals surface area contributed by atoms with Gasteiger partial charge in [0.1, 0.15) is 0 Å². The number of aryl methyl sites for hydroxylation is 1. The minimum atomic E-state index is -0.507. The Morgan fingerprint density at radius 2 is 1.76 bits per heavy atom. The van der Waals surface area contributed by atoms with Gasteiger partial charge in [0.05, 0.1) is 19.6 Å². The van der Waals surface area contributed by atoms with Gasteiger partial charge < -0.3 is 0 Å². The molecule has 3 aliphatic heterocycles. The van der Waals surface area contributed by atoms with E-state index >= 15 is 0 Å². The molecule has 154 valence electrons. The van der Waals surface area contributed by atoms with Crippen molar-refractivity contribution in [2.24, 2.45) is 10.9 Å². The fourth-order valence-corrected chi connectivity index (χ4v) is 4.37. The summed E-state index contributed by atoms with van der Waals surface area (Å²) in [5.41, 5.74) is 1.29. The van der Waals surface area contributed by atoms with Crippen LogP contribution in [-0.4, -0.2) is 82.8 Å². The number of benzene rings is 1. The van der Waals surface area contributed by atoms with Gasteiger partial charge in [0.2, 0.25) is 11.9 Å². The molecule has 1 aromatic rings. The van der Waals surface area contributed by atoms with E-state index in [4.69, 9.17) is 4.99 Å². The number of piperidine rings is 1. The molecule has 0 radical (unpaired) electrons. The fourth-order valence-electron chi connectivity index (χ4n) is 4.37. The second kappa shape index (κ2) is 7.97. The molecule has 3 aliphatic rings. The number of fused-ring (bicyclic) bond motifs is 1. The third kappa shape index (κ3) is 3.66. The summed E-state index contributed by atoms with van der Waals surface area (Å²) in [6.07, 6.45) is 4.12. The van der Waals surface area contributed by atoms with Crippen molar-refractivity contribution in [1.82, 2.24) is 14.7 Å². The Morgan fingerprint density at radius 3 is 2.45 bits per heavy atom. The van der Waals surface area contributed by atoms with Crippen LogP contribution in [0.25, 0.3) is 0 Å². The first-order chi connectivity index (χ1) is 14.0. The van der Waals surface area contributed by atoms with Crippen LogP contribution in [0.5, 0.6) is 0 Å². The lowest BCUT2D eigenvalue weighted by Crippen LogP contribution is -2.63. The van der Waals surface area contributed by atoms with Gasteiger partial charge in [-0.25, -0.2) is 9.69 Å². The summed E-state index contributed by atoms with van der Waals surface area (Å²) in [6.45, 7) is 4.90. The first kappa shape index (κ1) is 19.6. The van der Waals surface area contributed by atoms with Crippen LogP contribution >= 0.6 is 0 Å². The predicted molar refractivity (Wildman–Crippen MR) is 112 cm³/mol. The van der Waals surface area contributed by atoms with E-state index in [2.05, 4.69) is 40.7 Å². The molecule has 0 N–H and O–H groups in total. The van der Waals surface area contributed by atoms with Crippen LogP contribution in [0.2, 0.25) is 0 Å². The van der Waals surface area contributed by atoms with Crippen molar-refractivity contribution in [2.75, 3.05) is 33.7 Å². The van der Waals surface area contributed by atoms with Crippen molar-refractivity contribution in [3.8, 4) is 0 Å². The monoisotopic (exact) mass is 396 g/mol. The molecule has 3 amide bonds. The van der Waals surface area contributed by atoms with Gasteiger partial charge in [0, 0.05) is 14.1 Å². The van der Waals surface area contributed by atoms with Gasteiger partial charge in [-0.15, -0.1) is 0 Å². The summed E-state index contributed by atoms with van der Waals surface area (Å²) in [6, 6.07) is 9.58. The number of carbonyl (C=O) groups excluding carboxylic acids is 2. The molecule has 1 atom stereocenters. The maximum atomic E-state index is 13.0. The zero-order valence-electron chi connectivity index (χ0n) is 17.5. The normalized spacial score (nSPS) is 24.9. The molecule has 0 aromatic heterocycles. The number of guanidine groups is 1. The van der Waals surface area contributed by atoms with Gasteiger partial charge in [-0.2, -0.15) is 0 Å². The predicted octanol–water partition coefficient (Wildman–Crippen LogP) is 2.02. The highest BCUT2D eigenvalue weighted by molar-refractivity contribution is 6.25. The molecule has 7 nitrogen and oxygen atoms in total. The lowest BCUT2D eigenvalue weighted by Gasteiger charge is -2.33. The van der Waals surface area contributed by atoms with E-state index in [1.807, 2.05) is 6.07 Å². The summed E-state index contributed by atoms with van der Waals surface area (Å²) in [5.74, 6) is 1.94. The molecule has 3 heterocycles. The Hall–Kier alpha value is -2.70. The molecular formula is C22H30N5O2+. The first-order valence-corrected chi connectivity index (χ1v) is 10.5. The van der Waals surface area contributed by atoms with Crippen molar-refractivity contribution >= 4 is 23.7 Å². The summed E-state index contributed by atoms with van der Waals surface area (Å²) in [4.78, 5) is 35.1. The molecule has 7 heteroatoms. The highest BCUT2D eigenvalue weighted by atomic mass is 16.2. The van der Waals surface area contributed by atoms with Crippen molar-refractivity contribution < 1.29 is 14.2 Å². The van der Waals surface area contributed by atoms with Crippen molar-refractivity contribution in [3.63, 3.8) is 0 Å². The summed E-state index contributed by atoms with van der Waals surface area (Å²) < 4.78 is 2.29. The van der Waals surface area contributed by atoms with Crippen molar-refractivity contribution in [2.45, 2.75) is 38.6 Å². The lowest BCUT2D eigenvalue weighted by atomic mass is 10.0. The average Bonchev–Trinajstić information content (AvgIpc) is 3.12. The molecule has 1 unspecified atom stereocenters. The third-order valence-corrected chi connectivity index (χ3v) is 6.28. The Morgan fingerprint density at radius 1 is 1.07 bits per heavy atom. The number of imide groups is 1. The number of hydrogen-bond donors (Lipinski definition) is 0. The number of amidine groups is 1. The molecular weight excluding hydrogens is 366 g/mol. The number of likely N-dealkylation sites (N-methyl/N-ethyl adjacent to an activating group) is 2. The minimum absolute atomic E-state index is 0.188. The van der Waals surface area contributed by atoms with E-state index in [9.17, 15) is 9.59 Å². The average molecular weight is 397 g/mol. The zero-order chi connectivity index (χ0) is 20.5. The van der Waals surface area contributed by atoms with Gasteiger partial charge in [0.25, 0.3) is 5.91 Å². The van der Waals surface area contributed by atoms with Crippen LogP contribution < -0.4 is 0 Å². The smallest absolute Gasteiger partial charge is 0.270 e. The molecule has 0 spiro atoms. The number of carbonyl (C=O) groups is 2. The van der Waals surface area contributed by atoms with Crippen LogP contribution in [0.3, 0.4) is 0 Å². The lowest BCUT2D eigenvalue weighted by molar-refractivity contribution is -0.545. The highest BCUT2D eigenvalue weighted by Gasteiger charge is 2.55. The number of urea groups is 1. The van der Waals surface area contributed by atoms with Gasteiger partial charge in [-0.1, -0.05) is 42.2 Å². The molecule has 0 bridgehead atoms. The van der Waals surface area contributed by atoms with Crippen LogP contribution in [0.15, 0.2) is 35.3 Å². The van der Waals surface area contributed by atoms with Crippen molar-refractivity contribution in [1.29, 1.82) is 0 Å². The molecule has 0 saturated carbocycles. The van der Waals surface area contributed by atoms with E-state index < -0.39 is 6.04 Å². The van der Waals surface area contributed by atoms with E-state index in [-0.39, 0.29) is 11.9 Å². The minimum Gasteiger partial charge on any atom is -0.270 e. The number of nitrogens with zero attached hydrogens (tertiary/aromatic N) is 5. The van der Waals surface area contributed by atoms with E-state index in [1.165, 1.54) is 15.4 Å². The molecule has 0 aliphatic carbocycles. The molecule has 2 fully saturated rings. The number of amides is 3. The largest absolute Gasteiger partial charge is 0.392 e. The van der Waals surface area contributed by atoms with Crippen LogP contribution in [0.1, 0.15) is 31.7 Å². The maximum absolute atomic E-state index is 13.0. The Kier molecular flexibility index (Phi) is 5.39. The molecule has 29 heavy (non-hydrogen) atoms. The number of hydrogen-bond acceptors (Lipinski definition) is 2. The Balaban J connectivity index is 1.61. The topological polar surface area (TPSA) is 59.2 Å². The maximum Gasteiger partial charge on any atom is 0.392 e. The van der Waals surface area contributed by atoms with Gasteiger partial charge in [-0.3, -0.25) is 19.2 Å². The quantitative estimate of drug-likeness (QED) is 0.732. The summed E-state index contributed by atoms with van der Waals surface area (Å²) >= 11 is 0. The Labute approximate surface area is 172 Å². The first-order valence-electron chi connectivity index (χ1n) is 10.5. The second-order valence-electron chi connectivity index (χ2n) is 8.36. The van der Waals surface area contributed by atoms with Gasteiger partial charge in [0.15, 0.2) is 0 Å². The molecule has 2 saturated heterocycles. The Bertz CT molecular complexity index is 853. The highest BCUT2D eigenvalue weighted by Crippen LogP contribution is 2.25. The van der Waals surface area contributed by atoms with Gasteiger partial charge >= 0.3 is 12.0 Å². The second-order valence-corrected chi connectivity index (χ2v) is 8.36. The SMILES string of the molecule is CC1CC[N+](=C2N=C3C(C(=O)N(C)C(=O)N3C)N2CCCc2ccccc2)CC1. The summed E-state index contributed by atoms with van der Waals surface area (Å²) in [7, 11) is 3.27. The van der Waals surface area contributed by atoms with Crippen LogP contribution in [-0.2, 0) is 11.2 Å². The van der Waals surface area contributed by atoms with Crippen molar-refractivity contribution in [3.05, 3.63) is 35.9 Å². The summed E-state index contributed by atoms with van der Waals surface area (Å²) in [5, 5.41) is 0. The van der Waals surface area contributed by atoms with Crippen LogP contribution in [0.4, 0.5) is 4.79 Å². The molecule has 4 rings (SSSR count). The van der Waals surface area contributed by atoms with E-state index in [0.29, 0.717) is 11.8 Å². The fraction of sp³-hybridized carbons (Fsp3) is 0.545. The van der Waals surface area contributed by atoms with Crippen LogP contribution in [0, 0.1) is 5.92 Å². The zero-order valence-corrected chi connectivity index (χ0v) is 17.5. The number of rotatable bonds is 4.